The zero-order valence-corrected chi connectivity index (χ0v) is 25.6. The fraction of sp³-hybridized carbons (Fsp3) is 0.412. The van der Waals surface area contributed by atoms with Crippen LogP contribution in [0.15, 0.2) is 72.8 Å². The van der Waals surface area contributed by atoms with Crippen LogP contribution in [0.3, 0.4) is 0 Å². The number of hydrogen-bond donors (Lipinski definition) is 4. The summed E-state index contributed by atoms with van der Waals surface area (Å²) in [6, 6.07) is 21.9. The van der Waals surface area contributed by atoms with Crippen molar-refractivity contribution in [1.29, 1.82) is 0 Å². The number of aliphatic hydroxyl groups excluding tert-OH is 2. The molecule has 236 valence electrons. The molecule has 6 atom stereocenters. The summed E-state index contributed by atoms with van der Waals surface area (Å²) < 4.78 is 18.0. The lowest BCUT2D eigenvalue weighted by Crippen LogP contribution is -2.44. The number of rotatable bonds is 12. The molecule has 1 aliphatic heterocycles. The van der Waals surface area contributed by atoms with E-state index in [9.17, 15) is 24.9 Å². The van der Waals surface area contributed by atoms with Gasteiger partial charge in [0.15, 0.2) is 12.4 Å². The van der Waals surface area contributed by atoms with Crippen molar-refractivity contribution in [2.24, 2.45) is 5.92 Å². The standard InChI is InChI=1S/C34H42N2O8/c1-21-31(19-36(4)18-30(40)28-6-5-7-29(39)16-28)43-34(44-32(21)26-12-10-25(20-37)11-13-26)27-14-8-24(9-15-27)17-35-33(41)22(2)42-23(3)38/h5-16,21-22,30-32,34,37,39-40H,17-20H2,1-4H3,(H,35,41). The Balaban J connectivity index is 1.48. The Kier molecular flexibility index (Phi) is 11.5. The van der Waals surface area contributed by atoms with Crippen LogP contribution in [0.25, 0.3) is 0 Å². The minimum Gasteiger partial charge on any atom is -0.508 e. The van der Waals surface area contributed by atoms with Gasteiger partial charge in [0, 0.05) is 38.0 Å². The highest BCUT2D eigenvalue weighted by molar-refractivity contribution is 5.82. The smallest absolute Gasteiger partial charge is 0.303 e. The number of nitrogens with one attached hydrogen (secondary N) is 1. The number of carbonyl (C=O) groups excluding carboxylic acids is 2. The van der Waals surface area contributed by atoms with E-state index in [0.29, 0.717) is 18.7 Å². The molecule has 1 aliphatic rings. The van der Waals surface area contributed by atoms with E-state index in [1.54, 1.807) is 24.3 Å². The lowest BCUT2D eigenvalue weighted by atomic mass is 9.90. The summed E-state index contributed by atoms with van der Waals surface area (Å²) in [5, 5.41) is 32.9. The molecular weight excluding hydrogens is 564 g/mol. The van der Waals surface area contributed by atoms with Gasteiger partial charge in [0.25, 0.3) is 5.91 Å². The van der Waals surface area contributed by atoms with E-state index in [0.717, 1.165) is 22.3 Å². The van der Waals surface area contributed by atoms with Crippen LogP contribution in [-0.2, 0) is 37.0 Å². The summed E-state index contributed by atoms with van der Waals surface area (Å²) in [7, 11) is 1.92. The van der Waals surface area contributed by atoms with Gasteiger partial charge in [-0.2, -0.15) is 0 Å². The molecule has 6 unspecified atom stereocenters. The summed E-state index contributed by atoms with van der Waals surface area (Å²) in [5.74, 6) is -0.833. The minimum atomic E-state index is -0.878. The monoisotopic (exact) mass is 606 g/mol. The number of amides is 1. The first kappa shape index (κ1) is 33.1. The molecule has 1 heterocycles. The first-order chi connectivity index (χ1) is 21.0. The molecule has 0 aromatic heterocycles. The zero-order chi connectivity index (χ0) is 31.8. The predicted molar refractivity (Wildman–Crippen MR) is 163 cm³/mol. The van der Waals surface area contributed by atoms with Crippen molar-refractivity contribution in [2.75, 3.05) is 20.1 Å². The molecule has 44 heavy (non-hydrogen) atoms. The summed E-state index contributed by atoms with van der Waals surface area (Å²) in [5.41, 5.74) is 4.08. The van der Waals surface area contributed by atoms with Crippen molar-refractivity contribution in [1.82, 2.24) is 10.2 Å². The number of hydrogen-bond acceptors (Lipinski definition) is 9. The highest BCUT2D eigenvalue weighted by Crippen LogP contribution is 2.42. The Bertz CT molecular complexity index is 1380. The number of likely N-dealkylation sites (N-methyl/N-ethyl adjacent to an activating group) is 1. The van der Waals surface area contributed by atoms with Crippen molar-refractivity contribution in [3.63, 3.8) is 0 Å². The van der Waals surface area contributed by atoms with Gasteiger partial charge in [0.05, 0.1) is 24.9 Å². The summed E-state index contributed by atoms with van der Waals surface area (Å²) in [6.07, 6.45) is -2.88. The first-order valence-corrected chi connectivity index (χ1v) is 14.7. The van der Waals surface area contributed by atoms with Gasteiger partial charge >= 0.3 is 5.97 Å². The van der Waals surface area contributed by atoms with Crippen LogP contribution in [-0.4, -0.2) is 64.4 Å². The fourth-order valence-electron chi connectivity index (χ4n) is 5.27. The van der Waals surface area contributed by atoms with Crippen molar-refractivity contribution >= 4 is 11.9 Å². The maximum atomic E-state index is 12.2. The van der Waals surface area contributed by atoms with E-state index in [2.05, 4.69) is 12.2 Å². The molecule has 1 saturated heterocycles. The molecule has 4 N–H and O–H groups in total. The average molecular weight is 607 g/mol. The summed E-state index contributed by atoms with van der Waals surface area (Å²) in [6.45, 7) is 5.94. The number of phenolic OH excluding ortho intramolecular Hbond substituents is 1. The number of phenols is 1. The van der Waals surface area contributed by atoms with E-state index in [-0.39, 0.29) is 42.9 Å². The summed E-state index contributed by atoms with van der Waals surface area (Å²) in [4.78, 5) is 25.4. The maximum Gasteiger partial charge on any atom is 0.303 e. The minimum absolute atomic E-state index is 0.0414. The molecule has 3 aromatic carbocycles. The second-order valence-corrected chi connectivity index (χ2v) is 11.4. The normalized spacial score (nSPS) is 21.4. The molecule has 1 amide bonds. The van der Waals surface area contributed by atoms with E-state index in [4.69, 9.17) is 14.2 Å². The number of benzene rings is 3. The maximum absolute atomic E-state index is 12.2. The van der Waals surface area contributed by atoms with E-state index in [1.165, 1.54) is 13.8 Å². The van der Waals surface area contributed by atoms with Gasteiger partial charge in [-0.25, -0.2) is 0 Å². The van der Waals surface area contributed by atoms with Gasteiger partial charge in [-0.15, -0.1) is 0 Å². The molecule has 0 bridgehead atoms. The molecule has 0 saturated carbocycles. The van der Waals surface area contributed by atoms with Crippen molar-refractivity contribution in [3.05, 3.63) is 101 Å². The number of aromatic hydroxyl groups is 1. The zero-order valence-electron chi connectivity index (χ0n) is 25.6. The largest absolute Gasteiger partial charge is 0.508 e. The third-order valence-electron chi connectivity index (χ3n) is 7.79. The van der Waals surface area contributed by atoms with E-state index in [1.807, 2.05) is 60.5 Å². The van der Waals surface area contributed by atoms with Gasteiger partial charge in [0.2, 0.25) is 0 Å². The van der Waals surface area contributed by atoms with E-state index < -0.39 is 24.5 Å². The molecule has 4 rings (SSSR count). The fourth-order valence-corrected chi connectivity index (χ4v) is 5.27. The lowest BCUT2D eigenvalue weighted by molar-refractivity contribution is -0.276. The van der Waals surface area contributed by atoms with Crippen molar-refractivity contribution in [2.45, 2.75) is 64.6 Å². The van der Waals surface area contributed by atoms with Crippen LogP contribution in [0.4, 0.5) is 0 Å². The van der Waals surface area contributed by atoms with E-state index >= 15 is 0 Å². The average Bonchev–Trinajstić information content (AvgIpc) is 3.00. The molecule has 0 radical (unpaired) electrons. The van der Waals surface area contributed by atoms with Crippen molar-refractivity contribution < 1.29 is 39.1 Å². The molecule has 10 nitrogen and oxygen atoms in total. The summed E-state index contributed by atoms with van der Waals surface area (Å²) >= 11 is 0. The van der Waals surface area contributed by atoms with Crippen LogP contribution in [0.2, 0.25) is 0 Å². The third kappa shape index (κ3) is 8.87. The number of carbonyl (C=O) groups is 2. The predicted octanol–water partition coefficient (Wildman–Crippen LogP) is 3.91. The molecule has 1 fully saturated rings. The SMILES string of the molecule is CC(=O)OC(C)C(=O)NCc1ccc(C2OC(CN(C)CC(O)c3cccc(O)c3)C(C)C(c3ccc(CO)cc3)O2)cc1. The lowest BCUT2D eigenvalue weighted by Gasteiger charge is -2.42. The number of ether oxygens (including phenoxy) is 3. The number of esters is 1. The van der Waals surface area contributed by atoms with Crippen LogP contribution in [0.1, 0.15) is 67.1 Å². The number of aliphatic hydroxyl groups is 2. The second kappa shape index (κ2) is 15.3. The van der Waals surface area contributed by atoms with Gasteiger partial charge in [-0.1, -0.05) is 67.6 Å². The highest BCUT2D eigenvalue weighted by Gasteiger charge is 2.39. The molecule has 10 heteroatoms. The van der Waals surface area contributed by atoms with Gasteiger partial charge in [0.1, 0.15) is 5.75 Å². The topological polar surface area (TPSA) is 138 Å². The van der Waals surface area contributed by atoms with Crippen molar-refractivity contribution in [3.8, 4) is 5.75 Å². The Morgan fingerprint density at radius 2 is 1.66 bits per heavy atom. The Hall–Kier alpha value is -3.80. The number of nitrogens with zero attached hydrogens (tertiary/aromatic N) is 1. The molecular formula is C34H42N2O8. The first-order valence-electron chi connectivity index (χ1n) is 14.7. The second-order valence-electron chi connectivity index (χ2n) is 11.4. The molecule has 3 aromatic rings. The van der Waals surface area contributed by atoms with Crippen LogP contribution < -0.4 is 5.32 Å². The van der Waals surface area contributed by atoms with Gasteiger partial charge < -0.3 is 39.7 Å². The van der Waals surface area contributed by atoms with Gasteiger partial charge in [-0.05, 0) is 48.4 Å². The quantitative estimate of drug-likeness (QED) is 0.226. The van der Waals surface area contributed by atoms with Gasteiger partial charge in [-0.3, -0.25) is 9.59 Å². The third-order valence-corrected chi connectivity index (χ3v) is 7.79. The van der Waals surface area contributed by atoms with Crippen LogP contribution in [0, 0.1) is 5.92 Å². The van der Waals surface area contributed by atoms with Crippen LogP contribution >= 0.6 is 0 Å². The Labute approximate surface area is 258 Å². The van der Waals surface area contributed by atoms with Crippen LogP contribution in [0.5, 0.6) is 5.75 Å². The Morgan fingerprint density at radius 1 is 1.00 bits per heavy atom. The molecule has 0 spiro atoms. The Morgan fingerprint density at radius 3 is 2.30 bits per heavy atom. The molecule has 0 aliphatic carbocycles. The highest BCUT2D eigenvalue weighted by atomic mass is 16.7.